The molecule has 0 aliphatic carbocycles. The summed E-state index contributed by atoms with van der Waals surface area (Å²) in [7, 11) is 0. The molecular formula is C17H15ClN2O6. The Balaban J connectivity index is 1.74. The Hall–Kier alpha value is -3.13. The Labute approximate surface area is 153 Å². The number of non-ortho nitro benzene ring substituents is 1. The van der Waals surface area contributed by atoms with E-state index in [1.807, 2.05) is 6.92 Å². The van der Waals surface area contributed by atoms with Gasteiger partial charge in [0.05, 0.1) is 4.92 Å². The first kappa shape index (κ1) is 19.2. The van der Waals surface area contributed by atoms with Crippen LogP contribution < -0.4 is 10.1 Å². The molecule has 9 heteroatoms. The number of nitro groups is 1. The highest BCUT2D eigenvalue weighted by atomic mass is 35.5. The van der Waals surface area contributed by atoms with Gasteiger partial charge >= 0.3 is 5.97 Å². The Morgan fingerprint density at radius 2 is 1.85 bits per heavy atom. The Morgan fingerprint density at radius 3 is 2.46 bits per heavy atom. The number of benzene rings is 2. The van der Waals surface area contributed by atoms with Gasteiger partial charge in [0.2, 0.25) is 0 Å². The maximum absolute atomic E-state index is 11.8. The van der Waals surface area contributed by atoms with Crippen molar-refractivity contribution < 1.29 is 24.0 Å². The van der Waals surface area contributed by atoms with Crippen LogP contribution in [0.2, 0.25) is 5.02 Å². The van der Waals surface area contributed by atoms with Gasteiger partial charge in [-0.05, 0) is 36.8 Å². The van der Waals surface area contributed by atoms with Gasteiger partial charge in [-0.3, -0.25) is 14.9 Å². The van der Waals surface area contributed by atoms with Crippen LogP contribution in [-0.4, -0.2) is 30.0 Å². The lowest BCUT2D eigenvalue weighted by atomic mass is 10.2. The van der Waals surface area contributed by atoms with E-state index in [9.17, 15) is 19.7 Å². The number of anilines is 1. The third-order valence-electron chi connectivity index (χ3n) is 3.22. The van der Waals surface area contributed by atoms with Crippen molar-refractivity contribution >= 4 is 34.9 Å². The van der Waals surface area contributed by atoms with Gasteiger partial charge in [-0.2, -0.15) is 0 Å². The summed E-state index contributed by atoms with van der Waals surface area (Å²) in [6.45, 7) is 0.927. The van der Waals surface area contributed by atoms with Gasteiger partial charge < -0.3 is 14.8 Å². The molecule has 1 amide bonds. The molecule has 136 valence electrons. The first-order valence-corrected chi connectivity index (χ1v) is 7.82. The summed E-state index contributed by atoms with van der Waals surface area (Å²) in [5, 5.41) is 13.6. The van der Waals surface area contributed by atoms with E-state index in [-0.39, 0.29) is 11.4 Å². The second kappa shape index (κ2) is 8.82. The fourth-order valence-electron chi connectivity index (χ4n) is 1.86. The third kappa shape index (κ3) is 5.75. The van der Waals surface area contributed by atoms with Crippen LogP contribution in [0.3, 0.4) is 0 Å². The molecule has 2 aromatic rings. The summed E-state index contributed by atoms with van der Waals surface area (Å²) < 4.78 is 9.93. The molecule has 0 aliphatic rings. The van der Waals surface area contributed by atoms with E-state index >= 15 is 0 Å². The molecule has 1 N–H and O–H groups in total. The van der Waals surface area contributed by atoms with Crippen molar-refractivity contribution in [1.82, 2.24) is 0 Å². The third-order valence-corrected chi connectivity index (χ3v) is 3.63. The van der Waals surface area contributed by atoms with E-state index in [0.29, 0.717) is 10.7 Å². The molecular weight excluding hydrogens is 364 g/mol. The number of esters is 1. The lowest BCUT2D eigenvalue weighted by Gasteiger charge is -2.08. The average Bonchev–Trinajstić information content (AvgIpc) is 2.61. The highest BCUT2D eigenvalue weighted by Crippen LogP contribution is 2.20. The van der Waals surface area contributed by atoms with Crippen molar-refractivity contribution in [3.8, 4) is 5.75 Å². The Morgan fingerprint density at radius 1 is 1.15 bits per heavy atom. The maximum atomic E-state index is 11.8. The first-order chi connectivity index (χ1) is 12.3. The van der Waals surface area contributed by atoms with Crippen LogP contribution in [0.1, 0.15) is 5.56 Å². The Kier molecular flexibility index (Phi) is 6.51. The number of carbonyl (C=O) groups is 2. The molecule has 0 bridgehead atoms. The number of nitrogens with one attached hydrogen (secondary N) is 1. The molecule has 0 radical (unpaired) electrons. The molecule has 0 fully saturated rings. The second-order valence-corrected chi connectivity index (χ2v) is 5.62. The number of amides is 1. The van der Waals surface area contributed by atoms with Gasteiger partial charge in [-0.25, -0.2) is 4.79 Å². The minimum absolute atomic E-state index is 0.0900. The number of nitro benzene ring substituents is 1. The smallest absolute Gasteiger partial charge is 0.344 e. The predicted molar refractivity (Wildman–Crippen MR) is 94.4 cm³/mol. The highest BCUT2D eigenvalue weighted by molar-refractivity contribution is 6.31. The van der Waals surface area contributed by atoms with Crippen LogP contribution in [0, 0.1) is 17.0 Å². The fraction of sp³-hybridized carbons (Fsp3) is 0.176. The van der Waals surface area contributed by atoms with Crippen molar-refractivity contribution in [3.05, 3.63) is 63.2 Å². The topological polar surface area (TPSA) is 108 Å². The predicted octanol–water partition coefficient (Wildman–Crippen LogP) is 3.12. The molecule has 0 aliphatic heterocycles. The molecule has 0 heterocycles. The minimum Gasteiger partial charge on any atom is -0.482 e. The molecule has 2 rings (SSSR count). The van der Waals surface area contributed by atoms with Crippen molar-refractivity contribution in [1.29, 1.82) is 0 Å². The van der Waals surface area contributed by atoms with Gasteiger partial charge in [0, 0.05) is 22.8 Å². The summed E-state index contributed by atoms with van der Waals surface area (Å²) in [5.41, 5.74) is 1.27. The van der Waals surface area contributed by atoms with Gasteiger partial charge in [-0.15, -0.1) is 0 Å². The summed E-state index contributed by atoms with van der Waals surface area (Å²) in [6, 6.07) is 10.2. The van der Waals surface area contributed by atoms with Gasteiger partial charge in [-0.1, -0.05) is 17.7 Å². The van der Waals surface area contributed by atoms with E-state index in [0.717, 1.165) is 5.56 Å². The zero-order chi connectivity index (χ0) is 19.1. The molecule has 0 saturated heterocycles. The monoisotopic (exact) mass is 378 g/mol. The van der Waals surface area contributed by atoms with Crippen LogP contribution >= 0.6 is 11.6 Å². The fourth-order valence-corrected chi connectivity index (χ4v) is 2.04. The number of carbonyl (C=O) groups excluding carboxylic acids is 2. The van der Waals surface area contributed by atoms with Crippen LogP contribution in [0.25, 0.3) is 0 Å². The van der Waals surface area contributed by atoms with Crippen molar-refractivity contribution in [2.75, 3.05) is 18.5 Å². The van der Waals surface area contributed by atoms with Crippen LogP contribution in [-0.2, 0) is 14.3 Å². The molecule has 2 aromatic carbocycles. The van der Waals surface area contributed by atoms with Gasteiger partial charge in [0.25, 0.3) is 11.6 Å². The molecule has 26 heavy (non-hydrogen) atoms. The number of nitrogens with zero attached hydrogens (tertiary/aromatic N) is 1. The number of rotatable bonds is 7. The lowest BCUT2D eigenvalue weighted by Crippen LogP contribution is -2.23. The first-order valence-electron chi connectivity index (χ1n) is 7.44. The quantitative estimate of drug-likeness (QED) is 0.450. The standard InChI is InChI=1S/C17H15ClN2O6/c1-11-2-3-12(8-15(11)18)19-16(21)9-26-17(22)10-25-14-6-4-13(5-7-14)20(23)24/h2-8H,9-10H2,1H3,(H,19,21). The summed E-state index contributed by atoms with van der Waals surface area (Å²) >= 11 is 5.96. The molecule has 0 atom stereocenters. The SMILES string of the molecule is Cc1ccc(NC(=O)COC(=O)COc2ccc([N+](=O)[O-])cc2)cc1Cl. The maximum Gasteiger partial charge on any atom is 0.344 e. The largest absolute Gasteiger partial charge is 0.482 e. The van der Waals surface area contributed by atoms with Crippen molar-refractivity contribution in [2.24, 2.45) is 0 Å². The summed E-state index contributed by atoms with van der Waals surface area (Å²) in [4.78, 5) is 33.3. The van der Waals surface area contributed by atoms with Crippen molar-refractivity contribution in [2.45, 2.75) is 6.92 Å². The van der Waals surface area contributed by atoms with Crippen LogP contribution in [0.5, 0.6) is 5.75 Å². The number of hydrogen-bond donors (Lipinski definition) is 1. The highest BCUT2D eigenvalue weighted by Gasteiger charge is 2.10. The minimum atomic E-state index is -0.750. The normalized spacial score (nSPS) is 10.1. The van der Waals surface area contributed by atoms with Crippen molar-refractivity contribution in [3.63, 3.8) is 0 Å². The van der Waals surface area contributed by atoms with Crippen LogP contribution in [0.4, 0.5) is 11.4 Å². The van der Waals surface area contributed by atoms with E-state index in [1.165, 1.54) is 24.3 Å². The van der Waals surface area contributed by atoms with E-state index in [4.69, 9.17) is 21.1 Å². The lowest BCUT2D eigenvalue weighted by molar-refractivity contribution is -0.384. The summed E-state index contributed by atoms with van der Waals surface area (Å²) in [5.74, 6) is -1.000. The number of ether oxygens (including phenoxy) is 2. The number of halogens is 1. The Bertz CT molecular complexity index is 823. The van der Waals surface area contributed by atoms with E-state index < -0.39 is 30.0 Å². The average molecular weight is 379 g/mol. The van der Waals surface area contributed by atoms with Crippen LogP contribution in [0.15, 0.2) is 42.5 Å². The second-order valence-electron chi connectivity index (χ2n) is 5.21. The van der Waals surface area contributed by atoms with E-state index in [1.54, 1.807) is 18.2 Å². The molecule has 0 unspecified atom stereocenters. The van der Waals surface area contributed by atoms with E-state index in [2.05, 4.69) is 5.32 Å². The molecule has 8 nitrogen and oxygen atoms in total. The zero-order valence-electron chi connectivity index (χ0n) is 13.7. The molecule has 0 aromatic heterocycles. The molecule has 0 saturated carbocycles. The summed E-state index contributed by atoms with van der Waals surface area (Å²) in [6.07, 6.45) is 0. The molecule has 0 spiro atoms. The zero-order valence-corrected chi connectivity index (χ0v) is 14.5. The number of aryl methyl sites for hydroxylation is 1. The number of hydrogen-bond acceptors (Lipinski definition) is 6. The van der Waals surface area contributed by atoms with Gasteiger partial charge in [0.15, 0.2) is 13.2 Å². The van der Waals surface area contributed by atoms with Gasteiger partial charge in [0.1, 0.15) is 5.75 Å².